The molecule has 1 unspecified atom stereocenters. The smallest absolute Gasteiger partial charge is 0.251 e. The van der Waals surface area contributed by atoms with Gasteiger partial charge in [0.05, 0.1) is 37.1 Å². The Morgan fingerprint density at radius 3 is 2.88 bits per heavy atom. The predicted molar refractivity (Wildman–Crippen MR) is 130 cm³/mol. The van der Waals surface area contributed by atoms with Crippen LogP contribution in [-0.4, -0.2) is 27.8 Å². The Balaban J connectivity index is 1.28. The van der Waals surface area contributed by atoms with Crippen molar-refractivity contribution >= 4 is 17.2 Å². The van der Waals surface area contributed by atoms with Gasteiger partial charge in [-0.1, -0.05) is 30.3 Å². The Kier molecular flexibility index (Phi) is 6.58. The summed E-state index contributed by atoms with van der Waals surface area (Å²) in [6.45, 7) is 1.08. The van der Waals surface area contributed by atoms with Crippen LogP contribution in [0.15, 0.2) is 65.6 Å². The lowest BCUT2D eigenvalue weighted by Gasteiger charge is -2.24. The van der Waals surface area contributed by atoms with Gasteiger partial charge in [-0.2, -0.15) is 5.10 Å². The van der Waals surface area contributed by atoms with Gasteiger partial charge < -0.3 is 14.8 Å². The first-order valence-corrected chi connectivity index (χ1v) is 12.2. The van der Waals surface area contributed by atoms with Crippen LogP contribution in [0.5, 0.6) is 11.5 Å². The maximum Gasteiger partial charge on any atom is 0.251 e. The van der Waals surface area contributed by atoms with Crippen molar-refractivity contribution in [3.8, 4) is 11.5 Å². The molecule has 1 aliphatic carbocycles. The SMILES string of the molecule is COc1cc(C(=O)NC2CCCc3c2cnn3Cc2ccccc2)ccc1OCc1cscn1. The predicted octanol–water partition coefficient (Wildman–Crippen LogP) is 4.78. The van der Waals surface area contributed by atoms with E-state index in [1.807, 2.05) is 29.8 Å². The van der Waals surface area contributed by atoms with Crippen molar-refractivity contribution in [2.24, 2.45) is 0 Å². The Labute approximate surface area is 202 Å². The monoisotopic (exact) mass is 474 g/mol. The van der Waals surface area contributed by atoms with Gasteiger partial charge in [0.1, 0.15) is 6.61 Å². The highest BCUT2D eigenvalue weighted by Crippen LogP contribution is 2.32. The molecule has 1 N–H and O–H groups in total. The molecule has 2 aromatic heterocycles. The maximum atomic E-state index is 13.1. The van der Waals surface area contributed by atoms with E-state index < -0.39 is 0 Å². The minimum atomic E-state index is -0.141. The average molecular weight is 475 g/mol. The number of carbonyl (C=O) groups excluding carboxylic acids is 1. The quantitative estimate of drug-likeness (QED) is 0.398. The standard InChI is InChI=1S/C26H26N4O3S/c1-32-25-12-19(10-11-24(25)33-15-20-16-34-17-27-20)26(31)29-22-8-5-9-23-21(22)13-28-30(23)14-18-6-3-2-4-7-18/h2-4,6-7,10-13,16-17,22H,5,8-9,14-15H2,1H3,(H,29,31). The fourth-order valence-corrected chi connectivity index (χ4v) is 4.83. The molecule has 0 radical (unpaired) electrons. The second-order valence-electron chi connectivity index (χ2n) is 8.24. The number of nitrogens with one attached hydrogen (secondary N) is 1. The molecule has 2 heterocycles. The van der Waals surface area contributed by atoms with Crippen molar-refractivity contribution in [2.45, 2.75) is 38.5 Å². The lowest BCUT2D eigenvalue weighted by atomic mass is 9.92. The molecule has 34 heavy (non-hydrogen) atoms. The molecular formula is C26H26N4O3S. The van der Waals surface area contributed by atoms with E-state index in [-0.39, 0.29) is 11.9 Å². The van der Waals surface area contributed by atoms with Crippen LogP contribution in [0.2, 0.25) is 0 Å². The molecule has 8 heteroatoms. The van der Waals surface area contributed by atoms with Gasteiger partial charge in [0, 0.05) is 22.2 Å². The molecule has 5 rings (SSSR count). The van der Waals surface area contributed by atoms with E-state index in [4.69, 9.17) is 9.47 Å². The number of amides is 1. The van der Waals surface area contributed by atoms with E-state index in [0.717, 1.165) is 37.1 Å². The summed E-state index contributed by atoms with van der Waals surface area (Å²) in [5.74, 6) is 0.954. The molecule has 4 aromatic rings. The number of nitrogens with zero attached hydrogens (tertiary/aromatic N) is 3. The van der Waals surface area contributed by atoms with Gasteiger partial charge >= 0.3 is 0 Å². The first-order chi connectivity index (χ1) is 16.7. The summed E-state index contributed by atoms with van der Waals surface area (Å²) < 4.78 is 13.4. The van der Waals surface area contributed by atoms with Crippen molar-refractivity contribution in [3.05, 3.63) is 93.7 Å². The van der Waals surface area contributed by atoms with Crippen LogP contribution in [0.1, 0.15) is 51.8 Å². The van der Waals surface area contributed by atoms with Crippen LogP contribution < -0.4 is 14.8 Å². The van der Waals surface area contributed by atoms with Crippen molar-refractivity contribution in [1.29, 1.82) is 0 Å². The first-order valence-electron chi connectivity index (χ1n) is 11.3. The molecule has 0 bridgehead atoms. The minimum Gasteiger partial charge on any atom is -0.493 e. The molecule has 0 fully saturated rings. The topological polar surface area (TPSA) is 78.3 Å². The Hall–Kier alpha value is -3.65. The molecule has 7 nitrogen and oxygen atoms in total. The third-order valence-corrected chi connectivity index (χ3v) is 6.66. The average Bonchev–Trinajstić information content (AvgIpc) is 3.54. The molecular weight excluding hydrogens is 448 g/mol. The molecule has 1 amide bonds. The first kappa shape index (κ1) is 22.2. The molecule has 0 saturated carbocycles. The number of ether oxygens (including phenoxy) is 2. The van der Waals surface area contributed by atoms with Gasteiger partial charge in [-0.3, -0.25) is 9.48 Å². The van der Waals surface area contributed by atoms with Gasteiger partial charge in [-0.15, -0.1) is 11.3 Å². The van der Waals surface area contributed by atoms with Crippen LogP contribution in [0.4, 0.5) is 0 Å². The van der Waals surface area contributed by atoms with Crippen molar-refractivity contribution in [3.63, 3.8) is 0 Å². The summed E-state index contributed by atoms with van der Waals surface area (Å²) in [6.07, 6.45) is 4.76. The van der Waals surface area contributed by atoms with Crippen molar-refractivity contribution in [2.75, 3.05) is 7.11 Å². The second-order valence-corrected chi connectivity index (χ2v) is 8.96. The lowest BCUT2D eigenvalue weighted by Crippen LogP contribution is -2.31. The number of benzene rings is 2. The molecule has 174 valence electrons. The normalized spacial score (nSPS) is 14.9. The number of hydrogen-bond donors (Lipinski definition) is 1. The van der Waals surface area contributed by atoms with Gasteiger partial charge in [-0.05, 0) is 43.0 Å². The highest BCUT2D eigenvalue weighted by molar-refractivity contribution is 7.07. The molecule has 1 atom stereocenters. The zero-order valence-corrected chi connectivity index (χ0v) is 19.8. The molecule has 1 aliphatic rings. The van der Waals surface area contributed by atoms with E-state index in [0.29, 0.717) is 23.7 Å². The van der Waals surface area contributed by atoms with Gasteiger partial charge in [0.15, 0.2) is 11.5 Å². The number of hydrogen-bond acceptors (Lipinski definition) is 6. The fraction of sp³-hybridized carbons (Fsp3) is 0.269. The molecule has 0 saturated heterocycles. The number of rotatable bonds is 8. The molecule has 0 spiro atoms. The van der Waals surface area contributed by atoms with Crippen LogP contribution >= 0.6 is 11.3 Å². The summed E-state index contributed by atoms with van der Waals surface area (Å²) in [6, 6.07) is 15.5. The zero-order chi connectivity index (χ0) is 23.3. The number of carbonyl (C=O) groups is 1. The molecule has 2 aromatic carbocycles. The lowest BCUT2D eigenvalue weighted by molar-refractivity contribution is 0.0932. The minimum absolute atomic E-state index is 0.0626. The largest absolute Gasteiger partial charge is 0.493 e. The maximum absolute atomic E-state index is 13.1. The zero-order valence-electron chi connectivity index (χ0n) is 18.9. The van der Waals surface area contributed by atoms with Crippen molar-refractivity contribution < 1.29 is 14.3 Å². The van der Waals surface area contributed by atoms with Crippen LogP contribution in [0.3, 0.4) is 0 Å². The summed E-state index contributed by atoms with van der Waals surface area (Å²) in [5, 5.41) is 9.76. The van der Waals surface area contributed by atoms with Crippen molar-refractivity contribution in [1.82, 2.24) is 20.1 Å². The highest BCUT2D eigenvalue weighted by atomic mass is 32.1. The summed E-state index contributed by atoms with van der Waals surface area (Å²) in [4.78, 5) is 17.3. The summed E-state index contributed by atoms with van der Waals surface area (Å²) >= 11 is 1.52. The Morgan fingerprint density at radius 1 is 1.21 bits per heavy atom. The van der Waals surface area contributed by atoms with E-state index in [9.17, 15) is 4.79 Å². The Morgan fingerprint density at radius 2 is 2.09 bits per heavy atom. The highest BCUT2D eigenvalue weighted by Gasteiger charge is 2.26. The fourth-order valence-electron chi connectivity index (χ4n) is 4.29. The van der Waals surface area contributed by atoms with E-state index >= 15 is 0 Å². The van der Waals surface area contributed by atoms with Gasteiger partial charge in [0.25, 0.3) is 5.91 Å². The third kappa shape index (κ3) is 4.82. The number of aromatic nitrogens is 3. The van der Waals surface area contributed by atoms with E-state index in [1.165, 1.54) is 22.6 Å². The number of fused-ring (bicyclic) bond motifs is 1. The third-order valence-electron chi connectivity index (χ3n) is 6.03. The van der Waals surface area contributed by atoms with Gasteiger partial charge in [-0.25, -0.2) is 4.98 Å². The van der Waals surface area contributed by atoms with E-state index in [1.54, 1.807) is 30.8 Å². The van der Waals surface area contributed by atoms with Crippen LogP contribution in [0, 0.1) is 0 Å². The number of methoxy groups -OCH3 is 1. The Bertz CT molecular complexity index is 1250. The van der Waals surface area contributed by atoms with Gasteiger partial charge in [0.2, 0.25) is 0 Å². The molecule has 0 aliphatic heterocycles. The number of thiazole rings is 1. The van der Waals surface area contributed by atoms with E-state index in [2.05, 4.69) is 32.2 Å². The van der Waals surface area contributed by atoms with Crippen LogP contribution in [-0.2, 0) is 19.6 Å². The summed E-state index contributed by atoms with van der Waals surface area (Å²) in [7, 11) is 1.57. The second kappa shape index (κ2) is 10.1. The van der Waals surface area contributed by atoms with Crippen LogP contribution in [0.25, 0.3) is 0 Å². The summed E-state index contributed by atoms with van der Waals surface area (Å²) in [5.41, 5.74) is 6.67.